The van der Waals surface area contributed by atoms with Crippen molar-refractivity contribution in [1.82, 2.24) is 0 Å². The molecule has 6 heteroatoms. The quantitative estimate of drug-likeness (QED) is 0.709. The number of anilines is 2. The Morgan fingerprint density at radius 3 is 2.50 bits per heavy atom. The average molecular weight is 328 g/mol. The Bertz CT molecular complexity index is 716. The summed E-state index contributed by atoms with van der Waals surface area (Å²) in [7, 11) is 1.30. The fourth-order valence-electron chi connectivity index (χ4n) is 2.26. The molecule has 2 rings (SSSR count). The third-order valence-corrected chi connectivity index (χ3v) is 3.42. The van der Waals surface area contributed by atoms with Crippen LogP contribution in [-0.2, 0) is 9.53 Å². The maximum atomic E-state index is 11.9. The van der Waals surface area contributed by atoms with Crippen LogP contribution in [0.25, 0.3) is 0 Å². The number of aliphatic hydroxyl groups is 1. The molecule has 3 N–H and O–H groups in total. The second-order valence-electron chi connectivity index (χ2n) is 5.24. The number of aliphatic hydroxyl groups excluding tert-OH is 1. The van der Waals surface area contributed by atoms with E-state index in [1.165, 1.54) is 14.0 Å². The highest BCUT2D eigenvalue weighted by Gasteiger charge is 2.14. The fraction of sp³-hybridized carbons (Fsp3) is 0.222. The number of benzene rings is 2. The number of esters is 1. The first-order valence-electron chi connectivity index (χ1n) is 7.48. The third kappa shape index (κ3) is 4.57. The standard InChI is InChI=1S/C18H20N2O4/c1-12(21)20-14-8-9-15(18(23)24-2)16(10-14)19-11-17(22)13-6-4-3-5-7-13/h3-10,17,19,22H,11H2,1-2H3,(H,20,21). The van der Waals surface area contributed by atoms with E-state index in [1.807, 2.05) is 30.3 Å². The smallest absolute Gasteiger partial charge is 0.339 e. The van der Waals surface area contributed by atoms with Crippen LogP contribution in [0.1, 0.15) is 28.9 Å². The van der Waals surface area contributed by atoms with Gasteiger partial charge in [0, 0.05) is 19.2 Å². The molecule has 2 aromatic rings. The summed E-state index contributed by atoms with van der Waals surface area (Å²) >= 11 is 0. The highest BCUT2D eigenvalue weighted by molar-refractivity contribution is 5.97. The summed E-state index contributed by atoms with van der Waals surface area (Å²) in [5.74, 6) is -0.711. The lowest BCUT2D eigenvalue weighted by atomic mass is 10.1. The monoisotopic (exact) mass is 328 g/mol. The number of hydrogen-bond donors (Lipinski definition) is 3. The Balaban J connectivity index is 2.19. The average Bonchev–Trinajstić information content (AvgIpc) is 2.59. The Morgan fingerprint density at radius 2 is 1.88 bits per heavy atom. The molecule has 6 nitrogen and oxygen atoms in total. The van der Waals surface area contributed by atoms with Crippen molar-refractivity contribution < 1.29 is 19.4 Å². The summed E-state index contributed by atoms with van der Waals surface area (Å²) in [6, 6.07) is 14.0. The summed E-state index contributed by atoms with van der Waals surface area (Å²) in [6.07, 6.45) is -0.735. The first-order valence-corrected chi connectivity index (χ1v) is 7.48. The van der Waals surface area contributed by atoms with Gasteiger partial charge in [-0.15, -0.1) is 0 Å². The van der Waals surface area contributed by atoms with Crippen molar-refractivity contribution in [2.24, 2.45) is 0 Å². The molecule has 2 aromatic carbocycles. The zero-order chi connectivity index (χ0) is 17.5. The molecule has 0 aliphatic carbocycles. The molecule has 0 saturated carbocycles. The van der Waals surface area contributed by atoms with Crippen molar-refractivity contribution in [3.8, 4) is 0 Å². The predicted molar refractivity (Wildman–Crippen MR) is 92.0 cm³/mol. The van der Waals surface area contributed by atoms with Gasteiger partial charge in [0.2, 0.25) is 5.91 Å². The predicted octanol–water partition coefficient (Wildman–Crippen LogP) is 2.58. The highest BCUT2D eigenvalue weighted by atomic mass is 16.5. The lowest BCUT2D eigenvalue weighted by molar-refractivity contribution is -0.114. The van der Waals surface area contributed by atoms with Gasteiger partial charge in [0.15, 0.2) is 0 Å². The normalized spacial score (nSPS) is 11.5. The molecule has 0 bridgehead atoms. The molecule has 0 aliphatic rings. The van der Waals surface area contributed by atoms with E-state index in [0.29, 0.717) is 16.9 Å². The number of hydrogen-bond acceptors (Lipinski definition) is 5. The molecular formula is C18H20N2O4. The van der Waals surface area contributed by atoms with Crippen LogP contribution in [0.15, 0.2) is 48.5 Å². The maximum absolute atomic E-state index is 11.9. The van der Waals surface area contributed by atoms with Crippen LogP contribution in [0.2, 0.25) is 0 Å². The van der Waals surface area contributed by atoms with Crippen LogP contribution in [0, 0.1) is 0 Å². The number of nitrogens with one attached hydrogen (secondary N) is 2. The fourth-order valence-corrected chi connectivity index (χ4v) is 2.26. The molecule has 0 heterocycles. The van der Waals surface area contributed by atoms with Crippen LogP contribution in [0.3, 0.4) is 0 Å². The maximum Gasteiger partial charge on any atom is 0.339 e. The van der Waals surface area contributed by atoms with Gasteiger partial charge >= 0.3 is 5.97 Å². The molecule has 0 aromatic heterocycles. The molecule has 0 aliphatic heterocycles. The first-order chi connectivity index (χ1) is 11.5. The van der Waals surface area contributed by atoms with Gasteiger partial charge in [0.1, 0.15) is 0 Å². The van der Waals surface area contributed by atoms with Gasteiger partial charge < -0.3 is 20.5 Å². The number of carbonyl (C=O) groups is 2. The molecule has 126 valence electrons. The van der Waals surface area contributed by atoms with Gasteiger partial charge in [-0.25, -0.2) is 4.79 Å². The van der Waals surface area contributed by atoms with Crippen molar-refractivity contribution in [3.63, 3.8) is 0 Å². The summed E-state index contributed by atoms with van der Waals surface area (Å²) in [5.41, 5.74) is 2.12. The van der Waals surface area contributed by atoms with Gasteiger partial charge in [0.25, 0.3) is 0 Å². The first kappa shape index (κ1) is 17.5. The summed E-state index contributed by atoms with van der Waals surface area (Å²) < 4.78 is 4.76. The molecule has 1 amide bonds. The summed E-state index contributed by atoms with van der Waals surface area (Å²) in [5, 5.41) is 15.9. The molecule has 0 spiro atoms. The Labute approximate surface area is 140 Å². The van der Waals surface area contributed by atoms with Gasteiger partial charge in [-0.05, 0) is 23.8 Å². The van der Waals surface area contributed by atoms with E-state index in [4.69, 9.17) is 4.74 Å². The second kappa shape index (κ2) is 8.12. The summed E-state index contributed by atoms with van der Waals surface area (Å²) in [6.45, 7) is 1.61. The van der Waals surface area contributed by atoms with E-state index in [-0.39, 0.29) is 12.5 Å². The minimum Gasteiger partial charge on any atom is -0.465 e. The van der Waals surface area contributed by atoms with E-state index in [9.17, 15) is 14.7 Å². The third-order valence-electron chi connectivity index (χ3n) is 3.42. The zero-order valence-corrected chi connectivity index (χ0v) is 13.6. The van der Waals surface area contributed by atoms with Gasteiger partial charge in [-0.3, -0.25) is 4.79 Å². The van der Waals surface area contributed by atoms with Crippen LogP contribution in [-0.4, -0.2) is 30.6 Å². The lowest BCUT2D eigenvalue weighted by Gasteiger charge is -2.16. The number of ether oxygens (including phenoxy) is 1. The van der Waals surface area contributed by atoms with Crippen molar-refractivity contribution in [2.75, 3.05) is 24.3 Å². The van der Waals surface area contributed by atoms with Crippen molar-refractivity contribution in [2.45, 2.75) is 13.0 Å². The van der Waals surface area contributed by atoms with Gasteiger partial charge in [-0.2, -0.15) is 0 Å². The number of amides is 1. The van der Waals surface area contributed by atoms with Crippen LogP contribution < -0.4 is 10.6 Å². The number of carbonyl (C=O) groups excluding carboxylic acids is 2. The van der Waals surface area contributed by atoms with Crippen LogP contribution >= 0.6 is 0 Å². The number of rotatable bonds is 6. The van der Waals surface area contributed by atoms with Crippen LogP contribution in [0.5, 0.6) is 0 Å². The van der Waals surface area contributed by atoms with Crippen molar-refractivity contribution >= 4 is 23.3 Å². The molecule has 0 saturated heterocycles. The van der Waals surface area contributed by atoms with Gasteiger partial charge in [-0.1, -0.05) is 30.3 Å². The molecule has 0 fully saturated rings. The van der Waals surface area contributed by atoms with Gasteiger partial charge in [0.05, 0.1) is 24.5 Å². The van der Waals surface area contributed by atoms with E-state index in [0.717, 1.165) is 5.56 Å². The number of methoxy groups -OCH3 is 1. The van der Waals surface area contributed by atoms with E-state index in [2.05, 4.69) is 10.6 Å². The van der Waals surface area contributed by atoms with Crippen LogP contribution in [0.4, 0.5) is 11.4 Å². The SMILES string of the molecule is COC(=O)c1ccc(NC(C)=O)cc1NCC(O)c1ccccc1. The van der Waals surface area contributed by atoms with E-state index in [1.54, 1.807) is 18.2 Å². The van der Waals surface area contributed by atoms with E-state index >= 15 is 0 Å². The minimum absolute atomic E-state index is 0.206. The lowest BCUT2D eigenvalue weighted by Crippen LogP contribution is -2.15. The van der Waals surface area contributed by atoms with E-state index < -0.39 is 12.1 Å². The zero-order valence-electron chi connectivity index (χ0n) is 13.6. The Hall–Kier alpha value is -2.86. The molecule has 24 heavy (non-hydrogen) atoms. The topological polar surface area (TPSA) is 87.7 Å². The van der Waals surface area contributed by atoms with Crippen molar-refractivity contribution in [1.29, 1.82) is 0 Å². The molecule has 1 unspecified atom stereocenters. The Morgan fingerprint density at radius 1 is 1.17 bits per heavy atom. The Kier molecular flexibility index (Phi) is 5.92. The largest absolute Gasteiger partial charge is 0.465 e. The minimum atomic E-state index is -0.735. The molecular weight excluding hydrogens is 308 g/mol. The molecule has 0 radical (unpaired) electrons. The highest BCUT2D eigenvalue weighted by Crippen LogP contribution is 2.23. The van der Waals surface area contributed by atoms with Crippen molar-refractivity contribution in [3.05, 3.63) is 59.7 Å². The summed E-state index contributed by atoms with van der Waals surface area (Å²) in [4.78, 5) is 23.1. The molecule has 1 atom stereocenters. The second-order valence-corrected chi connectivity index (χ2v) is 5.24.